The number of rotatable bonds is 5. The van der Waals surface area contributed by atoms with Crippen molar-refractivity contribution in [1.82, 2.24) is 4.57 Å². The maximum Gasteiger partial charge on any atom is 0.302 e. The Morgan fingerprint density at radius 3 is 2.79 bits per heavy atom. The number of nitro benzene ring substituents is 1. The van der Waals surface area contributed by atoms with Crippen molar-refractivity contribution >= 4 is 44.1 Å². The molecule has 1 N–H and O–H groups in total. The number of carbonyl (C=O) groups is 1. The summed E-state index contributed by atoms with van der Waals surface area (Å²) in [4.78, 5) is 22.6. The molecule has 1 aromatic heterocycles. The van der Waals surface area contributed by atoms with Crippen molar-refractivity contribution in [1.29, 1.82) is 0 Å². The first-order chi connectivity index (χ1) is 13.3. The van der Waals surface area contributed by atoms with Crippen molar-refractivity contribution in [3.8, 4) is 11.6 Å². The quantitative estimate of drug-likeness (QED) is 0.350. The van der Waals surface area contributed by atoms with Crippen molar-refractivity contribution in [3.63, 3.8) is 0 Å². The molecule has 144 valence electrons. The van der Waals surface area contributed by atoms with E-state index in [0.717, 1.165) is 4.47 Å². The van der Waals surface area contributed by atoms with Gasteiger partial charge in [-0.25, -0.2) is 0 Å². The first-order valence-corrected chi connectivity index (χ1v) is 8.86. The minimum atomic E-state index is -0.668. The highest BCUT2D eigenvalue weighted by Crippen LogP contribution is 2.41. The summed E-state index contributed by atoms with van der Waals surface area (Å²) in [5.41, 5.74) is 0.999. The molecule has 0 saturated heterocycles. The smallest absolute Gasteiger partial charge is 0.302 e. The lowest BCUT2D eigenvalue weighted by Crippen LogP contribution is -2.07. The van der Waals surface area contributed by atoms with Gasteiger partial charge in [-0.3, -0.25) is 14.9 Å². The molecule has 1 heterocycles. The van der Waals surface area contributed by atoms with E-state index in [0.29, 0.717) is 22.2 Å². The van der Waals surface area contributed by atoms with Crippen molar-refractivity contribution < 1.29 is 19.6 Å². The standard InChI is InChI=1S/C18H15BrN4O5/c1-10-6-12(23(26)27)8-14-16(18(25)22(2)17(10)14)21-20-15(24)9-28-13-5-3-4-11(19)7-13/h3-8,25H,9H2,1-2H3. The molecular weight excluding hydrogens is 432 g/mol. The second kappa shape index (κ2) is 7.77. The first-order valence-electron chi connectivity index (χ1n) is 8.07. The fraction of sp³-hybridized carbons (Fsp3) is 0.167. The second-order valence-corrected chi connectivity index (χ2v) is 6.90. The molecule has 0 spiro atoms. The SMILES string of the molecule is Cc1cc([N+](=O)[O-])cc2c(N=NC(=O)COc3cccc(Br)c3)c(O)n(C)c12. The normalized spacial score (nSPS) is 11.2. The van der Waals surface area contributed by atoms with Gasteiger partial charge in [0.15, 0.2) is 12.3 Å². The minimum absolute atomic E-state index is 0.0138. The zero-order valence-corrected chi connectivity index (χ0v) is 16.5. The van der Waals surface area contributed by atoms with Gasteiger partial charge in [0.25, 0.3) is 5.69 Å². The number of aromatic hydroxyl groups is 1. The van der Waals surface area contributed by atoms with Crippen molar-refractivity contribution in [2.24, 2.45) is 17.3 Å². The maximum absolute atomic E-state index is 12.0. The highest BCUT2D eigenvalue weighted by Gasteiger charge is 2.20. The Balaban J connectivity index is 1.87. The van der Waals surface area contributed by atoms with Crippen LogP contribution in [0.4, 0.5) is 11.4 Å². The number of aryl methyl sites for hydroxylation is 2. The molecule has 0 aliphatic rings. The van der Waals surface area contributed by atoms with Crippen LogP contribution in [0, 0.1) is 17.0 Å². The van der Waals surface area contributed by atoms with Gasteiger partial charge < -0.3 is 14.4 Å². The number of amides is 1. The third-order valence-corrected chi connectivity index (χ3v) is 4.53. The van der Waals surface area contributed by atoms with Crippen LogP contribution in [0.5, 0.6) is 11.6 Å². The number of benzene rings is 2. The van der Waals surface area contributed by atoms with Crippen LogP contribution >= 0.6 is 15.9 Å². The van der Waals surface area contributed by atoms with E-state index in [9.17, 15) is 20.0 Å². The largest absolute Gasteiger partial charge is 0.493 e. The Labute approximate surface area is 167 Å². The van der Waals surface area contributed by atoms with Gasteiger partial charge in [-0.15, -0.1) is 10.2 Å². The van der Waals surface area contributed by atoms with E-state index < -0.39 is 10.8 Å². The third kappa shape index (κ3) is 3.86. The van der Waals surface area contributed by atoms with Crippen LogP contribution in [-0.4, -0.2) is 27.1 Å². The van der Waals surface area contributed by atoms with E-state index in [1.165, 1.54) is 16.7 Å². The van der Waals surface area contributed by atoms with E-state index in [-0.39, 0.29) is 23.9 Å². The number of carbonyl (C=O) groups excluding carboxylic acids is 1. The number of halogens is 1. The molecule has 0 bridgehead atoms. The number of non-ortho nitro benzene ring substituents is 1. The summed E-state index contributed by atoms with van der Waals surface area (Å²) in [6.45, 7) is 1.34. The van der Waals surface area contributed by atoms with Gasteiger partial charge in [0.05, 0.1) is 10.4 Å². The van der Waals surface area contributed by atoms with Gasteiger partial charge in [-0.1, -0.05) is 22.0 Å². The number of hydrogen-bond donors (Lipinski definition) is 1. The summed E-state index contributed by atoms with van der Waals surface area (Å²) in [6.07, 6.45) is 0. The predicted octanol–water partition coefficient (Wildman–Crippen LogP) is 4.55. The summed E-state index contributed by atoms with van der Waals surface area (Å²) in [6, 6.07) is 9.66. The average molecular weight is 447 g/mol. The minimum Gasteiger partial charge on any atom is -0.493 e. The predicted molar refractivity (Wildman–Crippen MR) is 105 cm³/mol. The van der Waals surface area contributed by atoms with Gasteiger partial charge in [0, 0.05) is 29.0 Å². The van der Waals surface area contributed by atoms with Crippen LogP contribution in [0.2, 0.25) is 0 Å². The monoisotopic (exact) mass is 446 g/mol. The Hall–Kier alpha value is -3.27. The van der Waals surface area contributed by atoms with Crippen LogP contribution in [-0.2, 0) is 11.8 Å². The van der Waals surface area contributed by atoms with Crippen LogP contribution in [0.3, 0.4) is 0 Å². The van der Waals surface area contributed by atoms with Crippen LogP contribution in [0.1, 0.15) is 5.56 Å². The first kappa shape index (κ1) is 19.5. The van der Waals surface area contributed by atoms with E-state index in [4.69, 9.17) is 4.74 Å². The molecule has 0 fully saturated rings. The lowest BCUT2D eigenvalue weighted by atomic mass is 10.1. The Morgan fingerprint density at radius 1 is 1.36 bits per heavy atom. The fourth-order valence-electron chi connectivity index (χ4n) is 2.81. The van der Waals surface area contributed by atoms with E-state index >= 15 is 0 Å². The number of fused-ring (bicyclic) bond motifs is 1. The number of azo groups is 1. The maximum atomic E-state index is 12.0. The Morgan fingerprint density at radius 2 is 2.11 bits per heavy atom. The zero-order valence-electron chi connectivity index (χ0n) is 14.9. The number of nitrogens with zero attached hydrogens (tertiary/aromatic N) is 4. The molecule has 2 aromatic carbocycles. The molecule has 9 nitrogen and oxygen atoms in total. The molecular formula is C18H15BrN4O5. The number of aromatic nitrogens is 1. The lowest BCUT2D eigenvalue weighted by Gasteiger charge is -2.02. The van der Waals surface area contributed by atoms with Crippen molar-refractivity contribution in [2.75, 3.05) is 6.61 Å². The van der Waals surface area contributed by atoms with E-state index in [1.807, 2.05) is 6.07 Å². The van der Waals surface area contributed by atoms with Gasteiger partial charge in [-0.2, -0.15) is 0 Å². The third-order valence-electron chi connectivity index (χ3n) is 4.04. The van der Waals surface area contributed by atoms with Crippen molar-refractivity contribution in [2.45, 2.75) is 6.92 Å². The van der Waals surface area contributed by atoms with Crippen LogP contribution in [0.15, 0.2) is 51.1 Å². The molecule has 0 atom stereocenters. The van der Waals surface area contributed by atoms with E-state index in [2.05, 4.69) is 26.2 Å². The number of ether oxygens (including phenoxy) is 1. The summed E-state index contributed by atoms with van der Waals surface area (Å²) in [7, 11) is 1.59. The lowest BCUT2D eigenvalue weighted by molar-refractivity contribution is -0.384. The highest BCUT2D eigenvalue weighted by molar-refractivity contribution is 9.10. The van der Waals surface area contributed by atoms with Gasteiger partial charge in [0.2, 0.25) is 5.88 Å². The van der Waals surface area contributed by atoms with E-state index in [1.54, 1.807) is 32.2 Å². The van der Waals surface area contributed by atoms with Crippen molar-refractivity contribution in [3.05, 3.63) is 56.5 Å². The highest BCUT2D eigenvalue weighted by atomic mass is 79.9. The molecule has 28 heavy (non-hydrogen) atoms. The average Bonchev–Trinajstić information content (AvgIpc) is 2.89. The summed E-state index contributed by atoms with van der Waals surface area (Å²) in [5, 5.41) is 29.2. The van der Waals surface area contributed by atoms with Gasteiger partial charge in [-0.05, 0) is 30.7 Å². The summed E-state index contributed by atoms with van der Waals surface area (Å²) in [5.74, 6) is -0.432. The van der Waals surface area contributed by atoms with Crippen LogP contribution < -0.4 is 4.74 Å². The topological polar surface area (TPSA) is 119 Å². The Kier molecular flexibility index (Phi) is 5.41. The molecule has 3 rings (SSSR count). The summed E-state index contributed by atoms with van der Waals surface area (Å²) >= 11 is 3.30. The molecule has 0 radical (unpaired) electrons. The molecule has 0 aliphatic carbocycles. The zero-order chi connectivity index (χ0) is 20.4. The molecule has 0 aliphatic heterocycles. The van der Waals surface area contributed by atoms with Gasteiger partial charge >= 0.3 is 5.91 Å². The molecule has 0 saturated carbocycles. The van der Waals surface area contributed by atoms with Gasteiger partial charge in [0.1, 0.15) is 5.75 Å². The number of nitro groups is 1. The number of hydrogen-bond acceptors (Lipinski definition) is 6. The second-order valence-electron chi connectivity index (χ2n) is 5.99. The fourth-order valence-corrected chi connectivity index (χ4v) is 3.19. The molecule has 3 aromatic rings. The summed E-state index contributed by atoms with van der Waals surface area (Å²) < 4.78 is 7.58. The Bertz CT molecular complexity index is 1120. The molecule has 1 amide bonds. The molecule has 0 unspecified atom stereocenters. The molecule has 10 heteroatoms. The van der Waals surface area contributed by atoms with Crippen LogP contribution in [0.25, 0.3) is 10.9 Å².